The molecule has 0 fully saturated rings. The van der Waals surface area contributed by atoms with E-state index < -0.39 is 0 Å². The summed E-state index contributed by atoms with van der Waals surface area (Å²) in [5, 5.41) is 2.20. The van der Waals surface area contributed by atoms with Gasteiger partial charge in [-0.3, -0.25) is 0 Å². The van der Waals surface area contributed by atoms with E-state index in [1.807, 2.05) is 6.07 Å². The SMILES string of the molecule is CCCC1Cc2ccc(-c3ccc(N=C=S)c(F)c3)cc2C1. The van der Waals surface area contributed by atoms with Crippen molar-refractivity contribution >= 4 is 23.1 Å². The maximum absolute atomic E-state index is 14.0. The monoisotopic (exact) mass is 311 g/mol. The summed E-state index contributed by atoms with van der Waals surface area (Å²) < 4.78 is 14.0. The number of fused-ring (bicyclic) bond motifs is 1. The summed E-state index contributed by atoms with van der Waals surface area (Å²) in [6.45, 7) is 2.24. The highest BCUT2D eigenvalue weighted by atomic mass is 32.1. The van der Waals surface area contributed by atoms with Crippen molar-refractivity contribution in [2.24, 2.45) is 10.9 Å². The van der Waals surface area contributed by atoms with Gasteiger partial charge in [0.15, 0.2) is 0 Å². The quantitative estimate of drug-likeness (QED) is 0.518. The van der Waals surface area contributed by atoms with Gasteiger partial charge in [-0.1, -0.05) is 44.0 Å². The molecule has 0 aromatic heterocycles. The van der Waals surface area contributed by atoms with E-state index in [1.165, 1.54) is 36.5 Å². The average Bonchev–Trinajstić information content (AvgIpc) is 2.91. The molecule has 3 rings (SSSR count). The molecule has 0 amide bonds. The maximum atomic E-state index is 14.0. The molecule has 0 saturated carbocycles. The first-order chi connectivity index (χ1) is 10.7. The average molecular weight is 311 g/mol. The van der Waals surface area contributed by atoms with E-state index in [1.54, 1.807) is 6.07 Å². The normalized spacial score (nSPS) is 16.2. The fourth-order valence-corrected chi connectivity index (χ4v) is 3.43. The van der Waals surface area contributed by atoms with Gasteiger partial charge in [-0.15, -0.1) is 0 Å². The van der Waals surface area contributed by atoms with E-state index in [2.05, 4.69) is 47.5 Å². The van der Waals surface area contributed by atoms with Crippen LogP contribution in [0.3, 0.4) is 0 Å². The van der Waals surface area contributed by atoms with E-state index in [4.69, 9.17) is 0 Å². The van der Waals surface area contributed by atoms with Crippen LogP contribution in [0.1, 0.15) is 30.9 Å². The Morgan fingerprint density at radius 2 is 1.86 bits per heavy atom. The summed E-state index contributed by atoms with van der Waals surface area (Å²) in [5.74, 6) is 0.408. The van der Waals surface area contributed by atoms with Gasteiger partial charge in [-0.2, -0.15) is 4.99 Å². The standard InChI is InChI=1S/C19H18FNS/c1-2-3-13-8-14-4-5-15(10-17(14)9-13)16-6-7-19(21-12-22)18(20)11-16/h4-7,10-11,13H,2-3,8-9H2,1H3. The number of thiocarbonyl (C=S) groups is 1. The van der Waals surface area contributed by atoms with Crippen LogP contribution in [-0.4, -0.2) is 5.16 Å². The van der Waals surface area contributed by atoms with Gasteiger partial charge in [0.25, 0.3) is 0 Å². The van der Waals surface area contributed by atoms with Crippen molar-refractivity contribution in [2.75, 3.05) is 0 Å². The van der Waals surface area contributed by atoms with Crippen LogP contribution < -0.4 is 0 Å². The second kappa shape index (κ2) is 6.51. The third-order valence-corrected chi connectivity index (χ3v) is 4.46. The number of benzene rings is 2. The molecule has 2 aromatic rings. The molecule has 1 atom stereocenters. The fraction of sp³-hybridized carbons (Fsp3) is 0.316. The summed E-state index contributed by atoms with van der Waals surface area (Å²) in [6, 6.07) is 11.5. The second-order valence-corrected chi connectivity index (χ2v) is 6.10. The number of aliphatic imine (C=N–C) groups is 1. The lowest BCUT2D eigenvalue weighted by Gasteiger charge is -2.06. The lowest BCUT2D eigenvalue weighted by atomic mass is 10.00. The zero-order valence-electron chi connectivity index (χ0n) is 12.6. The van der Waals surface area contributed by atoms with Gasteiger partial charge < -0.3 is 0 Å². The van der Waals surface area contributed by atoms with Crippen molar-refractivity contribution < 1.29 is 4.39 Å². The van der Waals surface area contributed by atoms with Crippen molar-refractivity contribution in [2.45, 2.75) is 32.6 Å². The maximum Gasteiger partial charge on any atom is 0.150 e. The Labute approximate surface area is 135 Å². The first-order valence-electron chi connectivity index (χ1n) is 7.71. The third kappa shape index (κ3) is 3.01. The predicted octanol–water partition coefficient (Wildman–Crippen LogP) is 5.74. The highest BCUT2D eigenvalue weighted by molar-refractivity contribution is 7.78. The number of nitrogens with zero attached hydrogens (tertiary/aromatic N) is 1. The molecule has 0 aliphatic heterocycles. The second-order valence-electron chi connectivity index (χ2n) is 5.92. The van der Waals surface area contributed by atoms with Crippen LogP contribution in [0.15, 0.2) is 41.4 Å². The highest BCUT2D eigenvalue weighted by Gasteiger charge is 2.21. The number of halogens is 1. The molecule has 2 aromatic carbocycles. The van der Waals surface area contributed by atoms with Crippen LogP contribution in [-0.2, 0) is 12.8 Å². The topological polar surface area (TPSA) is 12.4 Å². The zero-order chi connectivity index (χ0) is 15.5. The Balaban J connectivity index is 1.90. The number of isothiocyanates is 1. The Hall–Kier alpha value is -1.83. The van der Waals surface area contributed by atoms with Crippen LogP contribution in [0.5, 0.6) is 0 Å². The van der Waals surface area contributed by atoms with Gasteiger partial charge in [0.1, 0.15) is 11.5 Å². The minimum absolute atomic E-state index is 0.239. The number of hydrogen-bond donors (Lipinski definition) is 0. The van der Waals surface area contributed by atoms with Crippen LogP contribution in [0, 0.1) is 11.7 Å². The van der Waals surface area contributed by atoms with E-state index in [9.17, 15) is 4.39 Å². The Kier molecular flexibility index (Phi) is 4.47. The first kappa shape index (κ1) is 15.1. The fourth-order valence-electron chi connectivity index (χ4n) is 3.33. The van der Waals surface area contributed by atoms with Gasteiger partial charge in [0.05, 0.1) is 5.16 Å². The van der Waals surface area contributed by atoms with Crippen molar-refractivity contribution in [3.63, 3.8) is 0 Å². The lowest BCUT2D eigenvalue weighted by molar-refractivity contribution is 0.507. The Morgan fingerprint density at radius 1 is 1.14 bits per heavy atom. The molecule has 3 heteroatoms. The van der Waals surface area contributed by atoms with Crippen molar-refractivity contribution in [1.29, 1.82) is 0 Å². The smallest absolute Gasteiger partial charge is 0.150 e. The Morgan fingerprint density at radius 3 is 2.59 bits per heavy atom. The minimum Gasteiger partial charge on any atom is -0.205 e. The van der Waals surface area contributed by atoms with Gasteiger partial charge in [-0.05, 0) is 65.4 Å². The van der Waals surface area contributed by atoms with E-state index in [0.29, 0.717) is 0 Å². The summed E-state index contributed by atoms with van der Waals surface area (Å²) in [6.07, 6.45) is 4.84. The van der Waals surface area contributed by atoms with Crippen LogP contribution in [0.2, 0.25) is 0 Å². The molecule has 1 aliphatic carbocycles. The number of hydrogen-bond acceptors (Lipinski definition) is 2. The molecule has 0 radical (unpaired) electrons. The predicted molar refractivity (Wildman–Crippen MR) is 92.3 cm³/mol. The van der Waals surface area contributed by atoms with Gasteiger partial charge >= 0.3 is 0 Å². The number of rotatable bonds is 4. The first-order valence-corrected chi connectivity index (χ1v) is 8.11. The largest absolute Gasteiger partial charge is 0.205 e. The third-order valence-electron chi connectivity index (χ3n) is 4.37. The molecular formula is C19H18FNS. The molecule has 22 heavy (non-hydrogen) atoms. The molecule has 0 N–H and O–H groups in total. The van der Waals surface area contributed by atoms with Gasteiger partial charge in [-0.25, -0.2) is 4.39 Å². The molecule has 112 valence electrons. The highest BCUT2D eigenvalue weighted by Crippen LogP contribution is 2.33. The molecule has 0 bridgehead atoms. The molecule has 1 aliphatic rings. The molecule has 0 spiro atoms. The van der Waals surface area contributed by atoms with E-state index in [0.717, 1.165) is 23.5 Å². The van der Waals surface area contributed by atoms with Crippen LogP contribution in [0.4, 0.5) is 10.1 Å². The summed E-state index contributed by atoms with van der Waals surface area (Å²) in [4.78, 5) is 3.72. The summed E-state index contributed by atoms with van der Waals surface area (Å²) >= 11 is 4.52. The van der Waals surface area contributed by atoms with Crippen LogP contribution in [0.25, 0.3) is 11.1 Å². The Bertz CT molecular complexity index is 747. The van der Waals surface area contributed by atoms with Gasteiger partial charge in [0.2, 0.25) is 0 Å². The van der Waals surface area contributed by atoms with Gasteiger partial charge in [0, 0.05) is 0 Å². The van der Waals surface area contributed by atoms with Crippen LogP contribution >= 0.6 is 12.2 Å². The lowest BCUT2D eigenvalue weighted by Crippen LogP contribution is -1.97. The molecule has 0 saturated heterocycles. The van der Waals surface area contributed by atoms with Crippen molar-refractivity contribution in [3.05, 3.63) is 53.3 Å². The summed E-state index contributed by atoms with van der Waals surface area (Å²) in [5.41, 5.74) is 5.04. The van der Waals surface area contributed by atoms with E-state index in [-0.39, 0.29) is 11.5 Å². The van der Waals surface area contributed by atoms with Crippen molar-refractivity contribution in [1.82, 2.24) is 0 Å². The summed E-state index contributed by atoms with van der Waals surface area (Å²) in [7, 11) is 0. The van der Waals surface area contributed by atoms with E-state index >= 15 is 0 Å². The van der Waals surface area contributed by atoms with Crippen molar-refractivity contribution in [3.8, 4) is 11.1 Å². The molecular weight excluding hydrogens is 293 g/mol. The molecule has 1 nitrogen and oxygen atoms in total. The molecule has 1 unspecified atom stereocenters. The zero-order valence-corrected chi connectivity index (χ0v) is 13.4. The minimum atomic E-state index is -0.362. The molecule has 0 heterocycles.